The summed E-state index contributed by atoms with van der Waals surface area (Å²) >= 11 is 0. The van der Waals surface area contributed by atoms with E-state index in [1.165, 1.54) is 24.3 Å². The molecule has 0 aromatic heterocycles. The third-order valence-electron chi connectivity index (χ3n) is 4.79. The summed E-state index contributed by atoms with van der Waals surface area (Å²) in [7, 11) is 0. The maximum atomic E-state index is 13.0. The van der Waals surface area contributed by atoms with Crippen LogP contribution in [0.25, 0.3) is 0 Å². The number of amides is 2. The predicted molar refractivity (Wildman–Crippen MR) is 98.0 cm³/mol. The van der Waals surface area contributed by atoms with E-state index in [0.29, 0.717) is 31.0 Å². The molecule has 2 N–H and O–H groups in total. The second kappa shape index (κ2) is 9.67. The normalized spacial score (nSPS) is 18.7. The van der Waals surface area contributed by atoms with Crippen molar-refractivity contribution in [3.63, 3.8) is 0 Å². The topological polar surface area (TPSA) is 69.6 Å². The maximum absolute atomic E-state index is 13.0. The molecular formula is C20H29FN2O3. The fourth-order valence-corrected chi connectivity index (χ4v) is 3.34. The number of hydrogen-bond acceptors (Lipinski definition) is 3. The van der Waals surface area contributed by atoms with Crippen LogP contribution in [0.2, 0.25) is 0 Å². The number of halogens is 1. The monoisotopic (exact) mass is 364 g/mol. The van der Waals surface area contributed by atoms with Gasteiger partial charge in [0.15, 0.2) is 0 Å². The number of aliphatic hydroxyl groups excluding tert-OH is 1. The molecule has 1 fully saturated rings. The van der Waals surface area contributed by atoms with Crippen LogP contribution in [-0.4, -0.2) is 48.1 Å². The van der Waals surface area contributed by atoms with E-state index in [0.717, 1.165) is 19.4 Å². The number of likely N-dealkylation sites (tertiary alicyclic amines) is 1. The highest BCUT2D eigenvalue weighted by Gasteiger charge is 2.26. The Morgan fingerprint density at radius 2 is 2.00 bits per heavy atom. The summed E-state index contributed by atoms with van der Waals surface area (Å²) in [5.74, 6) is -0.627. The summed E-state index contributed by atoms with van der Waals surface area (Å²) in [6, 6.07) is 5.60. The quantitative estimate of drug-likeness (QED) is 0.780. The van der Waals surface area contributed by atoms with Gasteiger partial charge in [-0.25, -0.2) is 4.39 Å². The molecule has 0 saturated carbocycles. The summed E-state index contributed by atoms with van der Waals surface area (Å²) in [4.78, 5) is 26.5. The predicted octanol–water partition coefficient (Wildman–Crippen LogP) is 2.30. The highest BCUT2D eigenvalue weighted by molar-refractivity contribution is 5.83. The fraction of sp³-hybridized carbons (Fsp3) is 0.600. The first kappa shape index (κ1) is 20.4. The standard InChI is InChI=1S/C20H29FN2O3/c1-14(2)10-19(25)23-9-3-4-15(12-23)11-22-20(26)18(13-24)16-5-7-17(21)8-6-16/h5-8,14-15,18,24H,3-4,9-13H2,1-2H3,(H,22,26)/t15-,18?/m1/s1. The van der Waals surface area contributed by atoms with Gasteiger partial charge in [-0.15, -0.1) is 0 Å². The van der Waals surface area contributed by atoms with Crippen molar-refractivity contribution < 1.29 is 19.1 Å². The minimum absolute atomic E-state index is 0.176. The Labute approximate surface area is 154 Å². The van der Waals surface area contributed by atoms with Crippen LogP contribution in [-0.2, 0) is 9.59 Å². The summed E-state index contributed by atoms with van der Waals surface area (Å²) in [5, 5.41) is 12.4. The zero-order chi connectivity index (χ0) is 19.1. The van der Waals surface area contributed by atoms with Crippen LogP contribution in [0.15, 0.2) is 24.3 Å². The molecule has 26 heavy (non-hydrogen) atoms. The Morgan fingerprint density at radius 1 is 1.31 bits per heavy atom. The molecule has 2 rings (SSSR count). The lowest BCUT2D eigenvalue weighted by atomic mass is 9.95. The van der Waals surface area contributed by atoms with Gasteiger partial charge in [0.25, 0.3) is 0 Å². The highest BCUT2D eigenvalue weighted by atomic mass is 19.1. The largest absolute Gasteiger partial charge is 0.395 e. The molecule has 0 radical (unpaired) electrons. The number of carbonyl (C=O) groups excluding carboxylic acids is 2. The lowest BCUT2D eigenvalue weighted by molar-refractivity contribution is -0.133. The molecule has 1 aliphatic heterocycles. The van der Waals surface area contributed by atoms with Gasteiger partial charge in [-0.2, -0.15) is 0 Å². The fourth-order valence-electron chi connectivity index (χ4n) is 3.34. The second-order valence-electron chi connectivity index (χ2n) is 7.48. The molecule has 0 aliphatic carbocycles. The Morgan fingerprint density at radius 3 is 2.62 bits per heavy atom. The Balaban J connectivity index is 1.87. The van der Waals surface area contributed by atoms with Gasteiger partial charge in [0.1, 0.15) is 5.82 Å². The van der Waals surface area contributed by atoms with Crippen LogP contribution in [0.1, 0.15) is 44.6 Å². The number of nitrogens with zero attached hydrogens (tertiary/aromatic N) is 1. The van der Waals surface area contributed by atoms with Crippen molar-refractivity contribution in [1.29, 1.82) is 0 Å². The van der Waals surface area contributed by atoms with Crippen molar-refractivity contribution in [3.8, 4) is 0 Å². The molecule has 0 bridgehead atoms. The third kappa shape index (κ3) is 5.80. The number of piperidine rings is 1. The first-order valence-corrected chi connectivity index (χ1v) is 9.32. The van der Waals surface area contributed by atoms with Crippen LogP contribution in [0, 0.1) is 17.7 Å². The molecule has 1 aliphatic rings. The van der Waals surface area contributed by atoms with E-state index in [1.807, 2.05) is 18.7 Å². The molecular weight excluding hydrogens is 335 g/mol. The van der Waals surface area contributed by atoms with Gasteiger partial charge in [0.05, 0.1) is 12.5 Å². The number of aliphatic hydroxyl groups is 1. The lowest BCUT2D eigenvalue weighted by Gasteiger charge is -2.33. The first-order chi connectivity index (χ1) is 12.4. The van der Waals surface area contributed by atoms with Crippen molar-refractivity contribution in [2.24, 2.45) is 11.8 Å². The van der Waals surface area contributed by atoms with Crippen LogP contribution >= 0.6 is 0 Å². The van der Waals surface area contributed by atoms with Gasteiger partial charge in [-0.1, -0.05) is 26.0 Å². The zero-order valence-electron chi connectivity index (χ0n) is 15.6. The van der Waals surface area contributed by atoms with E-state index in [1.54, 1.807) is 0 Å². The van der Waals surface area contributed by atoms with Gasteiger partial charge in [0, 0.05) is 26.1 Å². The van der Waals surface area contributed by atoms with Crippen molar-refractivity contribution in [1.82, 2.24) is 10.2 Å². The average molecular weight is 364 g/mol. The first-order valence-electron chi connectivity index (χ1n) is 9.32. The molecule has 1 unspecified atom stereocenters. The summed E-state index contributed by atoms with van der Waals surface area (Å²) in [5.41, 5.74) is 0.587. The van der Waals surface area contributed by atoms with E-state index in [2.05, 4.69) is 5.32 Å². The van der Waals surface area contributed by atoms with Crippen LogP contribution in [0.4, 0.5) is 4.39 Å². The van der Waals surface area contributed by atoms with Gasteiger partial charge < -0.3 is 15.3 Å². The molecule has 0 spiro atoms. The number of rotatable bonds is 7. The van der Waals surface area contributed by atoms with E-state index in [4.69, 9.17) is 0 Å². The van der Waals surface area contributed by atoms with Gasteiger partial charge in [-0.3, -0.25) is 9.59 Å². The minimum atomic E-state index is -0.710. The van der Waals surface area contributed by atoms with Crippen LogP contribution in [0.3, 0.4) is 0 Å². The molecule has 2 atom stereocenters. The number of hydrogen-bond donors (Lipinski definition) is 2. The average Bonchev–Trinajstić information content (AvgIpc) is 2.62. The van der Waals surface area contributed by atoms with Crippen LogP contribution < -0.4 is 5.32 Å². The maximum Gasteiger partial charge on any atom is 0.229 e. The SMILES string of the molecule is CC(C)CC(=O)N1CCC[C@H](CNC(=O)C(CO)c2ccc(F)cc2)C1. The molecule has 6 heteroatoms. The van der Waals surface area contributed by atoms with Crippen molar-refractivity contribution in [2.75, 3.05) is 26.2 Å². The van der Waals surface area contributed by atoms with Crippen molar-refractivity contribution >= 4 is 11.8 Å². The van der Waals surface area contributed by atoms with E-state index < -0.39 is 5.92 Å². The van der Waals surface area contributed by atoms with E-state index in [9.17, 15) is 19.1 Å². The molecule has 1 heterocycles. The number of nitrogens with one attached hydrogen (secondary N) is 1. The number of carbonyl (C=O) groups is 2. The molecule has 5 nitrogen and oxygen atoms in total. The highest BCUT2D eigenvalue weighted by Crippen LogP contribution is 2.19. The molecule has 1 saturated heterocycles. The number of benzene rings is 1. The minimum Gasteiger partial charge on any atom is -0.395 e. The smallest absolute Gasteiger partial charge is 0.229 e. The molecule has 1 aromatic rings. The summed E-state index contributed by atoms with van der Waals surface area (Å²) in [6.07, 6.45) is 2.45. The van der Waals surface area contributed by atoms with Crippen molar-refractivity contribution in [2.45, 2.75) is 39.0 Å². The lowest BCUT2D eigenvalue weighted by Crippen LogP contribution is -2.44. The Hall–Kier alpha value is -1.95. The summed E-state index contributed by atoms with van der Waals surface area (Å²) < 4.78 is 13.0. The van der Waals surface area contributed by atoms with Gasteiger partial charge in [0.2, 0.25) is 11.8 Å². The van der Waals surface area contributed by atoms with Crippen LogP contribution in [0.5, 0.6) is 0 Å². The Kier molecular flexibility index (Phi) is 7.57. The summed E-state index contributed by atoms with van der Waals surface area (Å²) in [6.45, 7) is 5.65. The third-order valence-corrected chi connectivity index (χ3v) is 4.79. The van der Waals surface area contributed by atoms with E-state index >= 15 is 0 Å². The molecule has 1 aromatic carbocycles. The second-order valence-corrected chi connectivity index (χ2v) is 7.48. The van der Waals surface area contributed by atoms with Gasteiger partial charge >= 0.3 is 0 Å². The van der Waals surface area contributed by atoms with Crippen molar-refractivity contribution in [3.05, 3.63) is 35.6 Å². The van der Waals surface area contributed by atoms with Gasteiger partial charge in [-0.05, 0) is 42.4 Å². The molecule has 2 amide bonds. The molecule has 144 valence electrons. The van der Waals surface area contributed by atoms with E-state index in [-0.39, 0.29) is 30.2 Å². The Bertz CT molecular complexity index is 604. The zero-order valence-corrected chi connectivity index (χ0v) is 15.6.